The molecule has 0 unspecified atom stereocenters. The van der Waals surface area contributed by atoms with Gasteiger partial charge in [-0.3, -0.25) is 0 Å². The highest BCUT2D eigenvalue weighted by molar-refractivity contribution is 7.98. The summed E-state index contributed by atoms with van der Waals surface area (Å²) >= 11 is 1.55. The lowest BCUT2D eigenvalue weighted by atomic mass is 10.1. The molecule has 0 atom stereocenters. The molecule has 1 heterocycles. The fraction of sp³-hybridized carbons (Fsp3) is 0.154. The van der Waals surface area contributed by atoms with Crippen molar-refractivity contribution in [2.45, 2.75) is 10.9 Å². The standard InChI is InChI=1S/C13H12FN3S/c14-12-4-3-11(10(8-12)2-1-5-15)9-18-13-16-6-7-17-13/h3-4,6-8H,5,9,15H2,(H,16,17). The van der Waals surface area contributed by atoms with Crippen molar-refractivity contribution in [2.75, 3.05) is 6.54 Å². The molecule has 18 heavy (non-hydrogen) atoms. The topological polar surface area (TPSA) is 54.7 Å². The van der Waals surface area contributed by atoms with Gasteiger partial charge in [0, 0.05) is 23.7 Å². The van der Waals surface area contributed by atoms with E-state index in [4.69, 9.17) is 5.73 Å². The van der Waals surface area contributed by atoms with E-state index in [1.54, 1.807) is 30.2 Å². The van der Waals surface area contributed by atoms with Gasteiger partial charge in [0.25, 0.3) is 0 Å². The van der Waals surface area contributed by atoms with Crippen molar-refractivity contribution in [3.05, 3.63) is 47.5 Å². The van der Waals surface area contributed by atoms with E-state index in [0.29, 0.717) is 11.3 Å². The van der Waals surface area contributed by atoms with E-state index in [9.17, 15) is 4.39 Å². The number of benzene rings is 1. The normalized spacial score (nSPS) is 9.89. The van der Waals surface area contributed by atoms with Gasteiger partial charge in [-0.2, -0.15) is 0 Å². The Morgan fingerprint density at radius 1 is 1.44 bits per heavy atom. The zero-order valence-corrected chi connectivity index (χ0v) is 10.4. The maximum Gasteiger partial charge on any atom is 0.165 e. The van der Waals surface area contributed by atoms with Crippen LogP contribution in [-0.2, 0) is 5.75 Å². The quantitative estimate of drug-likeness (QED) is 0.657. The maximum atomic E-state index is 13.2. The number of aromatic nitrogens is 2. The van der Waals surface area contributed by atoms with Gasteiger partial charge in [0.05, 0.1) is 6.54 Å². The lowest BCUT2D eigenvalue weighted by Gasteiger charge is -2.03. The number of nitrogens with two attached hydrogens (primary N) is 1. The first-order valence-electron chi connectivity index (χ1n) is 5.39. The molecule has 5 heteroatoms. The first-order chi connectivity index (χ1) is 8.79. The summed E-state index contributed by atoms with van der Waals surface area (Å²) in [4.78, 5) is 7.12. The van der Waals surface area contributed by atoms with Crippen LogP contribution >= 0.6 is 11.8 Å². The summed E-state index contributed by atoms with van der Waals surface area (Å²) in [6, 6.07) is 4.61. The SMILES string of the molecule is NCC#Cc1cc(F)ccc1CSc1ncc[nH]1. The summed E-state index contributed by atoms with van der Waals surface area (Å²) in [6.45, 7) is 0.265. The van der Waals surface area contributed by atoms with Crippen LogP contribution in [0.4, 0.5) is 4.39 Å². The molecule has 0 spiro atoms. The Balaban J connectivity index is 2.16. The molecule has 0 aliphatic heterocycles. The minimum Gasteiger partial charge on any atom is -0.340 e. The summed E-state index contributed by atoms with van der Waals surface area (Å²) in [5.74, 6) is 6.02. The number of aromatic amines is 1. The Morgan fingerprint density at radius 2 is 2.33 bits per heavy atom. The molecule has 0 fully saturated rings. The number of hydrogen-bond acceptors (Lipinski definition) is 3. The van der Waals surface area contributed by atoms with Crippen molar-refractivity contribution in [2.24, 2.45) is 5.73 Å². The second-order valence-corrected chi connectivity index (χ2v) is 4.45. The highest BCUT2D eigenvalue weighted by atomic mass is 32.2. The molecule has 1 aromatic carbocycles. The number of nitrogens with zero attached hydrogens (tertiary/aromatic N) is 1. The Morgan fingerprint density at radius 3 is 3.06 bits per heavy atom. The van der Waals surface area contributed by atoms with Gasteiger partial charge in [0.2, 0.25) is 0 Å². The predicted octanol–water partition coefficient (Wildman–Crippen LogP) is 2.15. The number of rotatable bonds is 3. The number of H-pyrrole nitrogens is 1. The molecule has 2 aromatic rings. The van der Waals surface area contributed by atoms with E-state index in [-0.39, 0.29) is 12.4 Å². The average molecular weight is 261 g/mol. The molecule has 92 valence electrons. The third kappa shape index (κ3) is 3.36. The molecule has 0 aliphatic rings. The Bertz CT molecular complexity index is 570. The first kappa shape index (κ1) is 12.7. The minimum atomic E-state index is -0.289. The number of hydrogen-bond donors (Lipinski definition) is 2. The van der Waals surface area contributed by atoms with Crippen LogP contribution in [0.5, 0.6) is 0 Å². The molecule has 0 aliphatic carbocycles. The van der Waals surface area contributed by atoms with Gasteiger partial charge in [-0.15, -0.1) is 0 Å². The largest absolute Gasteiger partial charge is 0.340 e. The van der Waals surface area contributed by atoms with Crippen molar-refractivity contribution < 1.29 is 4.39 Å². The summed E-state index contributed by atoms with van der Waals surface area (Å²) in [6.07, 6.45) is 3.46. The zero-order valence-electron chi connectivity index (χ0n) is 9.61. The van der Waals surface area contributed by atoms with Crippen LogP contribution in [0.1, 0.15) is 11.1 Å². The monoisotopic (exact) mass is 261 g/mol. The summed E-state index contributed by atoms with van der Waals surface area (Å²) in [7, 11) is 0. The molecule has 3 nitrogen and oxygen atoms in total. The molecule has 0 amide bonds. The van der Waals surface area contributed by atoms with Gasteiger partial charge in [0.15, 0.2) is 5.16 Å². The smallest absolute Gasteiger partial charge is 0.165 e. The van der Waals surface area contributed by atoms with Gasteiger partial charge in [0.1, 0.15) is 5.82 Å². The van der Waals surface area contributed by atoms with Crippen LogP contribution in [0.15, 0.2) is 35.7 Å². The van der Waals surface area contributed by atoms with E-state index < -0.39 is 0 Å². The molecule has 3 N–H and O–H groups in total. The summed E-state index contributed by atoms with van der Waals surface area (Å²) in [5.41, 5.74) is 6.98. The second kappa shape index (κ2) is 6.24. The van der Waals surface area contributed by atoms with Gasteiger partial charge < -0.3 is 10.7 Å². The predicted molar refractivity (Wildman–Crippen MR) is 70.5 cm³/mol. The Labute approximate surface area is 109 Å². The van der Waals surface area contributed by atoms with Crippen LogP contribution in [0, 0.1) is 17.7 Å². The van der Waals surface area contributed by atoms with Crippen LogP contribution in [-0.4, -0.2) is 16.5 Å². The van der Waals surface area contributed by atoms with Gasteiger partial charge >= 0.3 is 0 Å². The van der Waals surface area contributed by atoms with Gasteiger partial charge in [-0.25, -0.2) is 9.37 Å². The van der Waals surface area contributed by atoms with E-state index >= 15 is 0 Å². The van der Waals surface area contributed by atoms with Crippen molar-refractivity contribution in [3.8, 4) is 11.8 Å². The summed E-state index contributed by atoms with van der Waals surface area (Å²) < 4.78 is 13.2. The van der Waals surface area contributed by atoms with Crippen molar-refractivity contribution in [1.82, 2.24) is 9.97 Å². The molecule has 0 saturated heterocycles. The zero-order chi connectivity index (χ0) is 12.8. The molecular formula is C13H12FN3S. The van der Waals surface area contributed by atoms with Crippen LogP contribution in [0.3, 0.4) is 0 Å². The molecular weight excluding hydrogens is 249 g/mol. The van der Waals surface area contributed by atoms with Crippen molar-refractivity contribution in [1.29, 1.82) is 0 Å². The average Bonchev–Trinajstić information content (AvgIpc) is 2.88. The molecule has 2 rings (SSSR count). The van der Waals surface area contributed by atoms with Crippen molar-refractivity contribution in [3.63, 3.8) is 0 Å². The highest BCUT2D eigenvalue weighted by Crippen LogP contribution is 2.21. The first-order valence-corrected chi connectivity index (χ1v) is 6.37. The third-order valence-corrected chi connectivity index (χ3v) is 3.19. The number of halogens is 1. The second-order valence-electron chi connectivity index (χ2n) is 3.49. The highest BCUT2D eigenvalue weighted by Gasteiger charge is 2.04. The van der Waals surface area contributed by atoms with Crippen LogP contribution < -0.4 is 5.73 Å². The van der Waals surface area contributed by atoms with Crippen LogP contribution in [0.2, 0.25) is 0 Å². The number of thioether (sulfide) groups is 1. The van der Waals surface area contributed by atoms with E-state index in [0.717, 1.165) is 10.7 Å². The maximum absolute atomic E-state index is 13.2. The van der Waals surface area contributed by atoms with Crippen molar-refractivity contribution >= 4 is 11.8 Å². The Hall–Kier alpha value is -1.77. The Kier molecular flexibility index (Phi) is 4.40. The molecule has 1 aromatic heterocycles. The third-order valence-electron chi connectivity index (χ3n) is 2.23. The number of imidazole rings is 1. The van der Waals surface area contributed by atoms with Gasteiger partial charge in [-0.05, 0) is 17.7 Å². The van der Waals surface area contributed by atoms with E-state index in [1.165, 1.54) is 12.1 Å². The van der Waals surface area contributed by atoms with E-state index in [1.807, 2.05) is 0 Å². The number of nitrogens with one attached hydrogen (secondary N) is 1. The lowest BCUT2D eigenvalue weighted by Crippen LogP contribution is -1.95. The summed E-state index contributed by atoms with van der Waals surface area (Å²) in [5, 5.41) is 0.831. The fourth-order valence-corrected chi connectivity index (χ4v) is 2.24. The molecule has 0 bridgehead atoms. The lowest BCUT2D eigenvalue weighted by molar-refractivity contribution is 0.627. The van der Waals surface area contributed by atoms with Gasteiger partial charge in [-0.1, -0.05) is 29.7 Å². The molecule has 0 radical (unpaired) electrons. The minimum absolute atomic E-state index is 0.265. The van der Waals surface area contributed by atoms with Crippen LogP contribution in [0.25, 0.3) is 0 Å². The molecule has 0 saturated carbocycles. The van der Waals surface area contributed by atoms with E-state index in [2.05, 4.69) is 21.8 Å². The fourth-order valence-electron chi connectivity index (χ4n) is 1.41.